The van der Waals surface area contributed by atoms with Crippen LogP contribution in [0.3, 0.4) is 0 Å². The van der Waals surface area contributed by atoms with Crippen LogP contribution in [-0.4, -0.2) is 19.1 Å². The van der Waals surface area contributed by atoms with Gasteiger partial charge in [-0.2, -0.15) is 0 Å². The van der Waals surface area contributed by atoms with Gasteiger partial charge >= 0.3 is 0 Å². The molecule has 0 fully saturated rings. The molecule has 0 saturated carbocycles. The van der Waals surface area contributed by atoms with Crippen LogP contribution in [0, 0.1) is 6.92 Å². The minimum absolute atomic E-state index is 0.667. The molecule has 3 heterocycles. The highest BCUT2D eigenvalue weighted by Gasteiger charge is 2.24. The van der Waals surface area contributed by atoms with Crippen molar-refractivity contribution in [2.75, 3.05) is 0 Å². The zero-order valence-corrected chi connectivity index (χ0v) is 31.3. The summed E-state index contributed by atoms with van der Waals surface area (Å²) in [5.74, 6) is 0.667. The lowest BCUT2D eigenvalue weighted by molar-refractivity contribution is 1.15. The van der Waals surface area contributed by atoms with Gasteiger partial charge in [0, 0.05) is 49.4 Å². The predicted molar refractivity (Wildman–Crippen MR) is 237 cm³/mol. The molecule has 0 N–H and O–H groups in total. The van der Waals surface area contributed by atoms with Crippen LogP contribution in [-0.2, 0) is 0 Å². The van der Waals surface area contributed by atoms with Crippen LogP contribution in [0.5, 0.6) is 0 Å². The van der Waals surface area contributed by atoms with E-state index in [1.165, 1.54) is 27.1 Å². The molecule has 0 aliphatic carbocycles. The van der Waals surface area contributed by atoms with Gasteiger partial charge in [0.25, 0.3) is 0 Å². The van der Waals surface area contributed by atoms with Crippen LogP contribution < -0.4 is 0 Å². The fourth-order valence-electron chi connectivity index (χ4n) is 8.69. The summed E-state index contributed by atoms with van der Waals surface area (Å²) in [7, 11) is 0. The normalized spacial score (nSPS) is 11.6. The average molecular weight is 729 g/mol. The van der Waals surface area contributed by atoms with E-state index >= 15 is 0 Å². The molecule has 57 heavy (non-hydrogen) atoms. The first-order valence-corrected chi connectivity index (χ1v) is 19.4. The molecule has 0 bridgehead atoms. The molecule has 0 amide bonds. The smallest absolute Gasteiger partial charge is 0.161 e. The predicted octanol–water partition coefficient (Wildman–Crippen LogP) is 13.6. The molecule has 0 saturated heterocycles. The second kappa shape index (κ2) is 13.3. The first-order valence-electron chi connectivity index (χ1n) is 19.4. The van der Waals surface area contributed by atoms with Crippen molar-refractivity contribution in [1.29, 1.82) is 0 Å². The molecule has 4 nitrogen and oxygen atoms in total. The van der Waals surface area contributed by atoms with Crippen molar-refractivity contribution in [3.8, 4) is 56.4 Å². The standard InChI is InChI=1S/C53H36N4/c1-35-31-32-50-43(33-35)40-23-10-14-28-48(40)57(50)51-30-16-25-42(53-54-44(36-17-4-2-5-18-36)34-45(55-53)37-19-6-3-7-20-37)52(51)41-24-11-15-29-49(41)56-46-26-12-8-21-38(46)39-22-9-13-27-47(39)56/h2-34H,1H3. The Hall–Kier alpha value is -7.56. The zero-order valence-electron chi connectivity index (χ0n) is 31.3. The van der Waals surface area contributed by atoms with Gasteiger partial charge in [-0.25, -0.2) is 9.97 Å². The van der Waals surface area contributed by atoms with Crippen LogP contribution >= 0.6 is 0 Å². The van der Waals surface area contributed by atoms with Gasteiger partial charge in [-0.3, -0.25) is 0 Å². The van der Waals surface area contributed by atoms with Crippen LogP contribution in [0.4, 0.5) is 0 Å². The summed E-state index contributed by atoms with van der Waals surface area (Å²) in [4.78, 5) is 10.8. The maximum atomic E-state index is 5.41. The molecule has 11 aromatic rings. The number of fused-ring (bicyclic) bond motifs is 6. The van der Waals surface area contributed by atoms with Gasteiger partial charge in [0.1, 0.15) is 0 Å². The molecule has 0 atom stereocenters. The number of hydrogen-bond donors (Lipinski definition) is 0. The number of aryl methyl sites for hydroxylation is 1. The van der Waals surface area contributed by atoms with E-state index in [4.69, 9.17) is 9.97 Å². The van der Waals surface area contributed by atoms with Crippen molar-refractivity contribution in [3.63, 3.8) is 0 Å². The number of rotatable bonds is 6. The summed E-state index contributed by atoms with van der Waals surface area (Å²) in [5.41, 5.74) is 14.9. The lowest BCUT2D eigenvalue weighted by Gasteiger charge is -2.21. The van der Waals surface area contributed by atoms with Crippen molar-refractivity contribution in [2.24, 2.45) is 0 Å². The van der Waals surface area contributed by atoms with Crippen LogP contribution in [0.15, 0.2) is 200 Å². The van der Waals surface area contributed by atoms with Gasteiger partial charge in [0.2, 0.25) is 0 Å². The number of para-hydroxylation sites is 4. The molecule has 0 unspecified atom stereocenters. The Kier molecular flexibility index (Phi) is 7.68. The van der Waals surface area contributed by atoms with Crippen LogP contribution in [0.25, 0.3) is 100 Å². The molecule has 0 spiro atoms. The third-order valence-electron chi connectivity index (χ3n) is 11.2. The molecule has 8 aromatic carbocycles. The van der Waals surface area contributed by atoms with Crippen LogP contribution in [0.2, 0.25) is 0 Å². The van der Waals surface area contributed by atoms with Gasteiger partial charge < -0.3 is 9.13 Å². The maximum Gasteiger partial charge on any atom is 0.161 e. The number of aromatic nitrogens is 4. The number of nitrogens with zero attached hydrogens (tertiary/aromatic N) is 4. The summed E-state index contributed by atoms with van der Waals surface area (Å²) in [5, 5.41) is 4.89. The summed E-state index contributed by atoms with van der Waals surface area (Å²) in [6, 6.07) is 71.3. The molecule has 0 radical (unpaired) electrons. The molecular formula is C53H36N4. The lowest BCUT2D eigenvalue weighted by Crippen LogP contribution is -2.04. The Bertz CT molecular complexity index is 3190. The van der Waals surface area contributed by atoms with Crippen molar-refractivity contribution in [2.45, 2.75) is 6.92 Å². The van der Waals surface area contributed by atoms with E-state index in [1.54, 1.807) is 0 Å². The lowest BCUT2D eigenvalue weighted by atomic mass is 9.94. The molecule has 4 heteroatoms. The number of hydrogen-bond acceptors (Lipinski definition) is 2. The van der Waals surface area contributed by atoms with E-state index < -0.39 is 0 Å². The molecule has 11 rings (SSSR count). The highest BCUT2D eigenvalue weighted by Crippen LogP contribution is 2.44. The van der Waals surface area contributed by atoms with Gasteiger partial charge in [-0.05, 0) is 55.5 Å². The Morgan fingerprint density at radius 1 is 0.351 bits per heavy atom. The third kappa shape index (κ3) is 5.37. The summed E-state index contributed by atoms with van der Waals surface area (Å²) in [6.45, 7) is 2.17. The van der Waals surface area contributed by atoms with Gasteiger partial charge in [0.05, 0.1) is 44.8 Å². The molecule has 0 aliphatic heterocycles. The van der Waals surface area contributed by atoms with E-state index in [2.05, 4.69) is 204 Å². The van der Waals surface area contributed by atoms with Gasteiger partial charge in [-0.1, -0.05) is 157 Å². The summed E-state index contributed by atoms with van der Waals surface area (Å²) >= 11 is 0. The van der Waals surface area contributed by atoms with E-state index in [1.807, 2.05) is 12.1 Å². The highest BCUT2D eigenvalue weighted by molar-refractivity contribution is 6.12. The second-order valence-electron chi connectivity index (χ2n) is 14.7. The first-order chi connectivity index (χ1) is 28.2. The third-order valence-corrected chi connectivity index (χ3v) is 11.2. The minimum Gasteiger partial charge on any atom is -0.309 e. The highest BCUT2D eigenvalue weighted by atomic mass is 15.0. The minimum atomic E-state index is 0.667. The van der Waals surface area contributed by atoms with E-state index in [9.17, 15) is 0 Å². The van der Waals surface area contributed by atoms with E-state index in [0.717, 1.165) is 72.6 Å². The molecule has 0 aliphatic rings. The van der Waals surface area contributed by atoms with Gasteiger partial charge in [-0.15, -0.1) is 0 Å². The summed E-state index contributed by atoms with van der Waals surface area (Å²) < 4.78 is 4.86. The summed E-state index contributed by atoms with van der Waals surface area (Å²) in [6.07, 6.45) is 0. The largest absolute Gasteiger partial charge is 0.309 e. The Morgan fingerprint density at radius 3 is 1.42 bits per heavy atom. The van der Waals surface area contributed by atoms with Crippen molar-refractivity contribution in [1.82, 2.24) is 19.1 Å². The average Bonchev–Trinajstić information content (AvgIpc) is 3.79. The van der Waals surface area contributed by atoms with Crippen molar-refractivity contribution < 1.29 is 0 Å². The van der Waals surface area contributed by atoms with E-state index in [0.29, 0.717) is 5.82 Å². The SMILES string of the molecule is Cc1ccc2c(c1)c1ccccc1n2-c1cccc(-c2nc(-c3ccccc3)cc(-c3ccccc3)n2)c1-c1ccccc1-n1c2ccccc2c2ccccc21. The zero-order chi connectivity index (χ0) is 37.9. The Labute approximate surface area is 330 Å². The quantitative estimate of drug-likeness (QED) is 0.171. The fourth-order valence-corrected chi connectivity index (χ4v) is 8.69. The monoisotopic (exact) mass is 728 g/mol. The first kappa shape index (κ1) is 32.8. The van der Waals surface area contributed by atoms with Gasteiger partial charge in [0.15, 0.2) is 5.82 Å². The van der Waals surface area contributed by atoms with E-state index in [-0.39, 0.29) is 0 Å². The van der Waals surface area contributed by atoms with Crippen molar-refractivity contribution in [3.05, 3.63) is 206 Å². The number of benzene rings is 8. The second-order valence-corrected chi connectivity index (χ2v) is 14.7. The van der Waals surface area contributed by atoms with Crippen molar-refractivity contribution >= 4 is 43.6 Å². The Balaban J connectivity index is 1.28. The fraction of sp³-hybridized carbons (Fsp3) is 0.0189. The Morgan fingerprint density at radius 2 is 0.807 bits per heavy atom. The molecule has 268 valence electrons. The molecule has 3 aromatic heterocycles. The van der Waals surface area contributed by atoms with Crippen LogP contribution in [0.1, 0.15) is 5.56 Å². The maximum absolute atomic E-state index is 5.41. The topological polar surface area (TPSA) is 35.6 Å². The molecular weight excluding hydrogens is 693 g/mol.